The molecular weight excluding hydrogens is 355 g/mol. The van der Waals surface area contributed by atoms with E-state index in [-0.39, 0.29) is 17.8 Å². The minimum absolute atomic E-state index is 0.0754. The number of rotatable bonds is 5. The monoisotopic (exact) mass is 386 g/mol. The summed E-state index contributed by atoms with van der Waals surface area (Å²) in [5.74, 6) is 0.277. The second-order valence-corrected chi connectivity index (χ2v) is 7.97. The van der Waals surface area contributed by atoms with Crippen LogP contribution in [-0.2, 0) is 13.1 Å². The molecule has 2 aromatic rings. The summed E-state index contributed by atoms with van der Waals surface area (Å²) in [5.41, 5.74) is 2.74. The van der Waals surface area contributed by atoms with Gasteiger partial charge < -0.3 is 4.90 Å². The summed E-state index contributed by atoms with van der Waals surface area (Å²) in [5, 5.41) is 4.33. The smallest absolute Gasteiger partial charge is 0.257 e. The molecule has 1 unspecified atom stereocenters. The number of aromatic nitrogens is 2. The largest absolute Gasteiger partial charge is 0.337 e. The van der Waals surface area contributed by atoms with Gasteiger partial charge in [0.05, 0.1) is 11.8 Å². The molecule has 0 aliphatic carbocycles. The standard InChI is InChI=1S/C22H31FN4O/c1-5-27-17(4)20(13-24-27)22(28)26-12-6-11-25(21(15-26)16(2)3)14-18-7-9-19(23)10-8-18/h7-10,13,16,21H,5-6,11-12,14-15H2,1-4H3. The zero-order chi connectivity index (χ0) is 20.3. The van der Waals surface area contributed by atoms with E-state index in [4.69, 9.17) is 0 Å². The van der Waals surface area contributed by atoms with Crippen LogP contribution in [0.4, 0.5) is 4.39 Å². The molecule has 0 spiro atoms. The Balaban J connectivity index is 1.77. The highest BCUT2D eigenvalue weighted by atomic mass is 19.1. The zero-order valence-corrected chi connectivity index (χ0v) is 17.4. The van der Waals surface area contributed by atoms with E-state index in [1.54, 1.807) is 6.20 Å². The van der Waals surface area contributed by atoms with Crippen LogP contribution < -0.4 is 0 Å². The number of carbonyl (C=O) groups is 1. The van der Waals surface area contributed by atoms with E-state index >= 15 is 0 Å². The average molecular weight is 387 g/mol. The molecule has 152 valence electrons. The Morgan fingerprint density at radius 3 is 2.57 bits per heavy atom. The summed E-state index contributed by atoms with van der Waals surface area (Å²) < 4.78 is 15.1. The van der Waals surface area contributed by atoms with Gasteiger partial charge in [-0.25, -0.2) is 4.39 Å². The Kier molecular flexibility index (Phi) is 6.50. The molecule has 1 aliphatic heterocycles. The number of nitrogens with zero attached hydrogens (tertiary/aromatic N) is 4. The molecule has 6 heteroatoms. The second kappa shape index (κ2) is 8.86. The topological polar surface area (TPSA) is 41.4 Å². The van der Waals surface area contributed by atoms with Crippen molar-refractivity contribution in [2.45, 2.75) is 53.2 Å². The summed E-state index contributed by atoms with van der Waals surface area (Å²) in [6, 6.07) is 6.99. The van der Waals surface area contributed by atoms with E-state index in [1.165, 1.54) is 12.1 Å². The van der Waals surface area contributed by atoms with Gasteiger partial charge in [-0.15, -0.1) is 0 Å². The van der Waals surface area contributed by atoms with Crippen molar-refractivity contribution in [3.8, 4) is 0 Å². The van der Waals surface area contributed by atoms with Crippen LogP contribution in [0.2, 0.25) is 0 Å². The number of benzene rings is 1. The van der Waals surface area contributed by atoms with Crippen LogP contribution in [0.5, 0.6) is 0 Å². The maximum Gasteiger partial charge on any atom is 0.257 e. The minimum Gasteiger partial charge on any atom is -0.337 e. The molecule has 1 fully saturated rings. The molecule has 0 radical (unpaired) electrons. The van der Waals surface area contributed by atoms with E-state index in [2.05, 4.69) is 23.8 Å². The van der Waals surface area contributed by atoms with Crippen molar-refractivity contribution >= 4 is 5.91 Å². The Labute approximate surface area is 167 Å². The van der Waals surface area contributed by atoms with E-state index in [0.29, 0.717) is 18.0 Å². The molecule has 1 aromatic carbocycles. The third kappa shape index (κ3) is 4.43. The van der Waals surface area contributed by atoms with Crippen LogP contribution in [0.25, 0.3) is 0 Å². The molecule has 1 aliphatic rings. The summed E-state index contributed by atoms with van der Waals surface area (Å²) in [6.45, 7) is 12.3. The molecular formula is C22H31FN4O. The zero-order valence-electron chi connectivity index (χ0n) is 17.4. The van der Waals surface area contributed by atoms with Gasteiger partial charge in [0.25, 0.3) is 5.91 Å². The molecule has 0 bridgehead atoms. The Bertz CT molecular complexity index is 799. The second-order valence-electron chi connectivity index (χ2n) is 7.97. The number of carbonyl (C=O) groups excluding carboxylic acids is 1. The van der Waals surface area contributed by atoms with Crippen LogP contribution in [0.15, 0.2) is 30.5 Å². The fourth-order valence-electron chi connectivity index (χ4n) is 4.05. The highest BCUT2D eigenvalue weighted by Crippen LogP contribution is 2.22. The predicted octanol–water partition coefficient (Wildman–Crippen LogP) is 3.72. The van der Waals surface area contributed by atoms with E-state index in [0.717, 1.165) is 43.9 Å². The van der Waals surface area contributed by atoms with Gasteiger partial charge in [0.2, 0.25) is 0 Å². The quantitative estimate of drug-likeness (QED) is 0.786. The lowest BCUT2D eigenvalue weighted by Gasteiger charge is -2.34. The van der Waals surface area contributed by atoms with Gasteiger partial charge in [-0.3, -0.25) is 14.4 Å². The number of hydrogen-bond acceptors (Lipinski definition) is 3. The van der Waals surface area contributed by atoms with Crippen LogP contribution in [0.1, 0.15) is 48.8 Å². The van der Waals surface area contributed by atoms with Gasteiger partial charge in [-0.05, 0) is 43.9 Å². The fourth-order valence-corrected chi connectivity index (χ4v) is 4.05. The Morgan fingerprint density at radius 2 is 1.96 bits per heavy atom. The van der Waals surface area contributed by atoms with Gasteiger partial charge in [0.15, 0.2) is 0 Å². The Morgan fingerprint density at radius 1 is 1.25 bits per heavy atom. The fraction of sp³-hybridized carbons (Fsp3) is 0.545. The maximum atomic E-state index is 13.2. The third-order valence-corrected chi connectivity index (χ3v) is 5.74. The molecule has 0 N–H and O–H groups in total. The summed E-state index contributed by atoms with van der Waals surface area (Å²) in [4.78, 5) is 17.6. The molecule has 1 saturated heterocycles. The highest BCUT2D eigenvalue weighted by molar-refractivity contribution is 5.95. The SMILES string of the molecule is CCn1ncc(C(=O)N2CCCN(Cc3ccc(F)cc3)C(C(C)C)C2)c1C. The van der Waals surface area contributed by atoms with Crippen molar-refractivity contribution in [3.63, 3.8) is 0 Å². The molecule has 0 saturated carbocycles. The highest BCUT2D eigenvalue weighted by Gasteiger charge is 2.31. The number of hydrogen-bond donors (Lipinski definition) is 0. The number of aryl methyl sites for hydroxylation is 1. The normalized spacial score (nSPS) is 18.5. The van der Waals surface area contributed by atoms with Gasteiger partial charge >= 0.3 is 0 Å². The van der Waals surface area contributed by atoms with Gasteiger partial charge in [-0.1, -0.05) is 26.0 Å². The molecule has 3 rings (SSSR count). The van der Waals surface area contributed by atoms with Crippen LogP contribution in [0, 0.1) is 18.7 Å². The van der Waals surface area contributed by atoms with Crippen molar-refractivity contribution in [1.82, 2.24) is 19.6 Å². The number of amides is 1. The lowest BCUT2D eigenvalue weighted by atomic mass is 10.0. The first kappa shape index (κ1) is 20.5. The first-order valence-electron chi connectivity index (χ1n) is 10.2. The number of halogens is 1. The molecule has 1 amide bonds. The summed E-state index contributed by atoms with van der Waals surface area (Å²) >= 11 is 0. The van der Waals surface area contributed by atoms with E-state index in [1.807, 2.05) is 35.6 Å². The lowest BCUT2D eigenvalue weighted by molar-refractivity contribution is 0.0701. The van der Waals surface area contributed by atoms with Gasteiger partial charge in [0.1, 0.15) is 5.82 Å². The molecule has 1 aromatic heterocycles. The lowest BCUT2D eigenvalue weighted by Crippen LogP contribution is -2.45. The minimum atomic E-state index is -0.209. The third-order valence-electron chi connectivity index (χ3n) is 5.74. The van der Waals surface area contributed by atoms with Crippen molar-refractivity contribution in [3.05, 3.63) is 53.1 Å². The molecule has 28 heavy (non-hydrogen) atoms. The van der Waals surface area contributed by atoms with Crippen LogP contribution in [-0.4, -0.2) is 51.2 Å². The predicted molar refractivity (Wildman–Crippen MR) is 109 cm³/mol. The van der Waals surface area contributed by atoms with Crippen LogP contribution >= 0.6 is 0 Å². The molecule has 2 heterocycles. The maximum absolute atomic E-state index is 13.2. The molecule has 1 atom stereocenters. The van der Waals surface area contributed by atoms with E-state index < -0.39 is 0 Å². The summed E-state index contributed by atoms with van der Waals surface area (Å²) in [6.07, 6.45) is 2.63. The van der Waals surface area contributed by atoms with Crippen LogP contribution in [0.3, 0.4) is 0 Å². The average Bonchev–Trinajstić information content (AvgIpc) is 2.91. The summed E-state index contributed by atoms with van der Waals surface area (Å²) in [7, 11) is 0. The van der Waals surface area contributed by atoms with Gasteiger partial charge in [0, 0.05) is 44.5 Å². The van der Waals surface area contributed by atoms with Crippen molar-refractivity contribution < 1.29 is 9.18 Å². The Hall–Kier alpha value is -2.21. The van der Waals surface area contributed by atoms with Crippen molar-refractivity contribution in [2.75, 3.05) is 19.6 Å². The first-order valence-corrected chi connectivity index (χ1v) is 10.2. The first-order chi connectivity index (χ1) is 13.4. The van der Waals surface area contributed by atoms with E-state index in [9.17, 15) is 9.18 Å². The van der Waals surface area contributed by atoms with Crippen molar-refractivity contribution in [1.29, 1.82) is 0 Å². The molecule has 5 nitrogen and oxygen atoms in total. The van der Waals surface area contributed by atoms with Gasteiger partial charge in [-0.2, -0.15) is 5.10 Å². The van der Waals surface area contributed by atoms with Crippen molar-refractivity contribution in [2.24, 2.45) is 5.92 Å².